The number of carbonyl (C=O) groups excluding carboxylic acids is 1. The Bertz CT molecular complexity index is 707. The van der Waals surface area contributed by atoms with Gasteiger partial charge in [-0.3, -0.25) is 4.79 Å². The van der Waals surface area contributed by atoms with Gasteiger partial charge >= 0.3 is 0 Å². The molecule has 0 spiro atoms. The first-order valence-electron chi connectivity index (χ1n) is 6.62. The number of aliphatic hydroxyl groups excluding tert-OH is 1. The van der Waals surface area contributed by atoms with E-state index in [2.05, 4.69) is 0 Å². The number of β-amino-alcohol motifs (C(OH)–C–C–N with tert-alkyl or cyclic N) is 2. The molecule has 1 fully saturated rings. The topological polar surface area (TPSA) is 107 Å². The van der Waals surface area contributed by atoms with Crippen LogP contribution in [0.1, 0.15) is 10.4 Å². The van der Waals surface area contributed by atoms with Crippen molar-refractivity contribution in [3.8, 4) is 0 Å². The number of rotatable bonds is 4. The molecule has 0 saturated carbocycles. The number of nitrogens with one attached hydrogen (secondary N) is 1. The first-order chi connectivity index (χ1) is 10.5. The van der Waals surface area contributed by atoms with Gasteiger partial charge in [-0.15, -0.1) is 0 Å². The van der Waals surface area contributed by atoms with E-state index >= 15 is 0 Å². The van der Waals surface area contributed by atoms with Gasteiger partial charge in [0, 0.05) is 13.1 Å². The normalized spacial score (nSPS) is 24.9. The molecule has 10 heteroatoms. The molecule has 2 rings (SSSR count). The summed E-state index contributed by atoms with van der Waals surface area (Å²) in [6.07, 6.45) is -0.592. The fourth-order valence-electron chi connectivity index (χ4n) is 2.32. The van der Waals surface area contributed by atoms with Crippen molar-refractivity contribution in [1.82, 2.24) is 9.62 Å². The molecule has 1 heterocycles. The minimum Gasteiger partial charge on any atom is -0.388 e. The van der Waals surface area contributed by atoms with Crippen molar-refractivity contribution in [2.75, 3.05) is 25.9 Å². The maximum Gasteiger partial charge on any atom is 0.260 e. The molecule has 1 aliphatic rings. The van der Waals surface area contributed by atoms with Gasteiger partial charge in [-0.05, 0) is 12.1 Å². The number of aliphatic hydroxyl groups is 2. The maximum atomic E-state index is 13.6. The summed E-state index contributed by atoms with van der Waals surface area (Å²) < 4.78 is 51.5. The third kappa shape index (κ3) is 3.83. The van der Waals surface area contributed by atoms with Crippen molar-refractivity contribution in [2.45, 2.75) is 11.7 Å². The Labute approximate surface area is 131 Å². The Morgan fingerprint density at radius 3 is 2.52 bits per heavy atom. The summed E-state index contributed by atoms with van der Waals surface area (Å²) in [5.74, 6) is -3.15. The fourth-order valence-corrected chi connectivity index (χ4v) is 2.84. The van der Waals surface area contributed by atoms with Crippen LogP contribution in [0.2, 0.25) is 0 Å². The number of halogens is 2. The standard InChI is InChI=1S/C13H16F2N2O5S/c1-23(21,22)16-6-13(20)7-17(5-10(13)18)12(19)11-8(14)3-2-4-9(11)15/h2-4,10,16,18,20H,5-7H2,1H3/t10-,13+/m1/s1. The zero-order chi connectivity index (χ0) is 17.4. The number of nitrogens with zero attached hydrogens (tertiary/aromatic N) is 1. The van der Waals surface area contributed by atoms with Gasteiger partial charge in [-0.25, -0.2) is 21.9 Å². The number of likely N-dealkylation sites (tertiary alicyclic amines) is 1. The predicted molar refractivity (Wildman–Crippen MR) is 76.1 cm³/mol. The Morgan fingerprint density at radius 1 is 1.43 bits per heavy atom. The van der Waals surface area contributed by atoms with Crippen LogP contribution in [0.3, 0.4) is 0 Å². The quantitative estimate of drug-likeness (QED) is 0.650. The summed E-state index contributed by atoms with van der Waals surface area (Å²) in [4.78, 5) is 13.1. The molecule has 0 radical (unpaired) electrons. The summed E-state index contributed by atoms with van der Waals surface area (Å²) in [5, 5.41) is 20.2. The lowest BCUT2D eigenvalue weighted by Crippen LogP contribution is -2.51. The van der Waals surface area contributed by atoms with E-state index < -0.39 is 57.9 Å². The molecule has 1 amide bonds. The summed E-state index contributed by atoms with van der Waals surface area (Å²) in [7, 11) is -3.62. The van der Waals surface area contributed by atoms with E-state index in [4.69, 9.17) is 0 Å². The maximum absolute atomic E-state index is 13.6. The lowest BCUT2D eigenvalue weighted by molar-refractivity contribution is -0.0352. The first-order valence-corrected chi connectivity index (χ1v) is 8.51. The lowest BCUT2D eigenvalue weighted by atomic mass is 10.0. The number of amides is 1. The highest BCUT2D eigenvalue weighted by Crippen LogP contribution is 2.25. The van der Waals surface area contributed by atoms with Crippen LogP contribution in [-0.2, 0) is 10.0 Å². The zero-order valence-corrected chi connectivity index (χ0v) is 13.0. The molecule has 1 aromatic rings. The molecule has 0 bridgehead atoms. The Balaban J connectivity index is 2.19. The third-order valence-electron chi connectivity index (χ3n) is 3.58. The summed E-state index contributed by atoms with van der Waals surface area (Å²) >= 11 is 0. The molecule has 0 unspecified atom stereocenters. The third-order valence-corrected chi connectivity index (χ3v) is 4.25. The molecule has 128 valence electrons. The van der Waals surface area contributed by atoms with Gasteiger partial charge in [0.1, 0.15) is 28.9 Å². The average Bonchev–Trinajstić information content (AvgIpc) is 2.72. The highest BCUT2D eigenvalue weighted by molar-refractivity contribution is 7.88. The van der Waals surface area contributed by atoms with Gasteiger partial charge in [-0.2, -0.15) is 0 Å². The number of benzene rings is 1. The van der Waals surface area contributed by atoms with Crippen LogP contribution in [-0.4, -0.2) is 67.0 Å². The van der Waals surface area contributed by atoms with Crippen molar-refractivity contribution < 1.29 is 32.2 Å². The first kappa shape index (κ1) is 17.7. The van der Waals surface area contributed by atoms with Crippen molar-refractivity contribution in [1.29, 1.82) is 0 Å². The molecule has 23 heavy (non-hydrogen) atoms. The largest absolute Gasteiger partial charge is 0.388 e. The molecular weight excluding hydrogens is 334 g/mol. The minimum atomic E-state index is -3.62. The van der Waals surface area contributed by atoms with Crippen LogP contribution >= 0.6 is 0 Å². The molecule has 0 aromatic heterocycles. The molecule has 0 aliphatic carbocycles. The monoisotopic (exact) mass is 350 g/mol. The summed E-state index contributed by atoms with van der Waals surface area (Å²) in [5.41, 5.74) is -2.74. The molecule has 1 saturated heterocycles. The molecular formula is C13H16F2N2O5S. The highest BCUT2D eigenvalue weighted by atomic mass is 32.2. The van der Waals surface area contributed by atoms with Crippen LogP contribution in [0.5, 0.6) is 0 Å². The van der Waals surface area contributed by atoms with Gasteiger partial charge < -0.3 is 15.1 Å². The Kier molecular flexibility index (Phi) is 4.71. The SMILES string of the molecule is CS(=O)(=O)NC[C@]1(O)CN(C(=O)c2c(F)cccc2F)C[C@H]1O. The smallest absolute Gasteiger partial charge is 0.260 e. The number of hydrogen-bond acceptors (Lipinski definition) is 5. The van der Waals surface area contributed by atoms with Crippen molar-refractivity contribution in [3.05, 3.63) is 35.4 Å². The highest BCUT2D eigenvalue weighted by Gasteiger charge is 2.47. The Morgan fingerprint density at radius 2 is 2.00 bits per heavy atom. The van der Waals surface area contributed by atoms with E-state index in [0.29, 0.717) is 0 Å². The van der Waals surface area contributed by atoms with E-state index in [-0.39, 0.29) is 6.54 Å². The second-order valence-corrected chi connectivity index (χ2v) is 7.33. The van der Waals surface area contributed by atoms with E-state index in [1.807, 2.05) is 4.72 Å². The van der Waals surface area contributed by atoms with Crippen LogP contribution in [0, 0.1) is 11.6 Å². The summed E-state index contributed by atoms with van der Waals surface area (Å²) in [6.45, 7) is -1.38. The van der Waals surface area contributed by atoms with Crippen LogP contribution in [0.15, 0.2) is 18.2 Å². The van der Waals surface area contributed by atoms with Crippen molar-refractivity contribution in [2.24, 2.45) is 0 Å². The molecule has 1 aromatic carbocycles. The van der Waals surface area contributed by atoms with Crippen molar-refractivity contribution in [3.63, 3.8) is 0 Å². The van der Waals surface area contributed by atoms with Gasteiger partial charge in [0.25, 0.3) is 5.91 Å². The number of sulfonamides is 1. The number of carbonyl (C=O) groups is 1. The van der Waals surface area contributed by atoms with Gasteiger partial charge in [0.2, 0.25) is 10.0 Å². The molecule has 3 N–H and O–H groups in total. The number of hydrogen-bond donors (Lipinski definition) is 3. The van der Waals surface area contributed by atoms with Crippen LogP contribution < -0.4 is 4.72 Å². The van der Waals surface area contributed by atoms with Crippen LogP contribution in [0.4, 0.5) is 8.78 Å². The fraction of sp³-hybridized carbons (Fsp3) is 0.462. The molecule has 7 nitrogen and oxygen atoms in total. The predicted octanol–water partition coefficient (Wildman–Crippen LogP) is -0.938. The summed E-state index contributed by atoms with van der Waals surface area (Å²) in [6, 6.07) is 2.94. The lowest BCUT2D eigenvalue weighted by Gasteiger charge is -2.25. The zero-order valence-electron chi connectivity index (χ0n) is 12.2. The van der Waals surface area contributed by atoms with Crippen LogP contribution in [0.25, 0.3) is 0 Å². The van der Waals surface area contributed by atoms with Gasteiger partial charge in [0.15, 0.2) is 0 Å². The minimum absolute atomic E-state index is 0.380. The Hall–Kier alpha value is -1.62. The van der Waals surface area contributed by atoms with Crippen molar-refractivity contribution >= 4 is 15.9 Å². The second kappa shape index (κ2) is 6.11. The average molecular weight is 350 g/mol. The van der Waals surface area contributed by atoms with E-state index in [1.165, 1.54) is 0 Å². The second-order valence-electron chi connectivity index (χ2n) is 5.49. The van der Waals surface area contributed by atoms with Gasteiger partial charge in [0.05, 0.1) is 12.8 Å². The van der Waals surface area contributed by atoms with E-state index in [9.17, 15) is 32.2 Å². The molecule has 1 aliphatic heterocycles. The van der Waals surface area contributed by atoms with E-state index in [0.717, 1.165) is 29.4 Å². The van der Waals surface area contributed by atoms with E-state index in [1.54, 1.807) is 0 Å². The molecule has 2 atom stereocenters. The van der Waals surface area contributed by atoms with Gasteiger partial charge in [-0.1, -0.05) is 6.07 Å².